The molecule has 2 fully saturated rings. The summed E-state index contributed by atoms with van der Waals surface area (Å²) < 4.78 is 13.4. The molecule has 2 aromatic carbocycles. The third-order valence-corrected chi connectivity index (χ3v) is 6.29. The average molecular weight is 376 g/mol. The Morgan fingerprint density at radius 3 is 2.54 bits per heavy atom. The Labute approximate surface area is 164 Å². The Morgan fingerprint density at radius 1 is 0.964 bits per heavy atom. The normalized spacial score (nSPS) is 18.4. The van der Waals surface area contributed by atoms with E-state index in [1.54, 1.807) is 18.5 Å². The van der Waals surface area contributed by atoms with Gasteiger partial charge in [-0.25, -0.2) is 14.4 Å². The Balaban J connectivity index is 1.36. The summed E-state index contributed by atoms with van der Waals surface area (Å²) in [6.45, 7) is 4.44. The van der Waals surface area contributed by atoms with Crippen LogP contribution in [0.3, 0.4) is 0 Å². The molecule has 0 amide bonds. The van der Waals surface area contributed by atoms with Crippen molar-refractivity contribution in [3.05, 3.63) is 65.7 Å². The lowest BCUT2D eigenvalue weighted by Gasteiger charge is -2.53. The first-order chi connectivity index (χ1) is 13.7. The van der Waals surface area contributed by atoms with Crippen LogP contribution in [0.4, 0.5) is 10.2 Å². The van der Waals surface area contributed by atoms with E-state index in [1.807, 2.05) is 6.07 Å². The molecule has 0 saturated carbocycles. The second-order valence-electron chi connectivity index (χ2n) is 8.28. The number of rotatable bonds is 4. The highest BCUT2D eigenvalue weighted by Crippen LogP contribution is 2.42. The smallest absolute Gasteiger partial charge is 0.139 e. The molecule has 1 N–H and O–H groups in total. The second kappa shape index (κ2) is 7.13. The number of aryl methyl sites for hydroxylation is 2. The van der Waals surface area contributed by atoms with E-state index in [2.05, 4.69) is 38.4 Å². The third-order valence-electron chi connectivity index (χ3n) is 6.29. The monoisotopic (exact) mass is 376 g/mol. The number of aromatic nitrogens is 2. The maximum absolute atomic E-state index is 13.4. The van der Waals surface area contributed by atoms with Crippen molar-refractivity contribution < 1.29 is 4.39 Å². The molecule has 2 aliphatic rings. The molecule has 4 nitrogen and oxygen atoms in total. The summed E-state index contributed by atoms with van der Waals surface area (Å²) >= 11 is 0. The van der Waals surface area contributed by atoms with Crippen molar-refractivity contribution in [2.45, 2.75) is 25.7 Å². The predicted octanol–water partition coefficient (Wildman–Crippen LogP) is 3.74. The zero-order valence-electron chi connectivity index (χ0n) is 16.0. The SMILES string of the molecule is Fc1cccc(CCc2ccc3ncnc(N4CC5(CCNCC5)C4)c3c2)c1. The van der Waals surface area contributed by atoms with Crippen LogP contribution in [0, 0.1) is 11.2 Å². The molecule has 3 heterocycles. The van der Waals surface area contributed by atoms with E-state index in [1.165, 1.54) is 24.5 Å². The van der Waals surface area contributed by atoms with Crippen molar-refractivity contribution >= 4 is 16.7 Å². The van der Waals surface area contributed by atoms with Crippen molar-refractivity contribution in [1.82, 2.24) is 15.3 Å². The van der Waals surface area contributed by atoms with E-state index < -0.39 is 0 Å². The number of halogens is 1. The highest BCUT2D eigenvalue weighted by atomic mass is 19.1. The zero-order valence-corrected chi connectivity index (χ0v) is 16.0. The van der Waals surface area contributed by atoms with Gasteiger partial charge in [-0.2, -0.15) is 0 Å². The van der Waals surface area contributed by atoms with Gasteiger partial charge in [0.15, 0.2) is 0 Å². The van der Waals surface area contributed by atoms with Gasteiger partial charge in [0.25, 0.3) is 0 Å². The molecule has 28 heavy (non-hydrogen) atoms. The maximum atomic E-state index is 13.4. The first-order valence-corrected chi connectivity index (χ1v) is 10.1. The molecule has 3 aromatic rings. The summed E-state index contributed by atoms with van der Waals surface area (Å²) in [5.74, 6) is 0.887. The van der Waals surface area contributed by atoms with E-state index in [0.29, 0.717) is 5.41 Å². The maximum Gasteiger partial charge on any atom is 0.139 e. The summed E-state index contributed by atoms with van der Waals surface area (Å²) in [5.41, 5.74) is 3.73. The molecule has 2 aliphatic heterocycles. The van der Waals surface area contributed by atoms with Crippen LogP contribution in [0.2, 0.25) is 0 Å². The molecule has 0 radical (unpaired) electrons. The summed E-state index contributed by atoms with van der Waals surface area (Å²) in [6.07, 6.45) is 5.89. The number of anilines is 1. The Kier molecular flexibility index (Phi) is 4.47. The average Bonchev–Trinajstić information content (AvgIpc) is 2.70. The zero-order chi connectivity index (χ0) is 19.0. The molecule has 0 bridgehead atoms. The number of piperidine rings is 1. The minimum atomic E-state index is -0.170. The van der Waals surface area contributed by atoms with Gasteiger partial charge >= 0.3 is 0 Å². The van der Waals surface area contributed by atoms with Gasteiger partial charge in [-0.3, -0.25) is 0 Å². The molecule has 144 valence electrons. The molecule has 2 saturated heterocycles. The van der Waals surface area contributed by atoms with Gasteiger partial charge in [-0.15, -0.1) is 0 Å². The lowest BCUT2D eigenvalue weighted by Crippen LogP contribution is -2.60. The molecule has 0 aliphatic carbocycles. The fourth-order valence-corrected chi connectivity index (χ4v) is 4.67. The van der Waals surface area contributed by atoms with Crippen LogP contribution in [-0.2, 0) is 12.8 Å². The molecule has 5 heteroatoms. The first kappa shape index (κ1) is 17.6. The van der Waals surface area contributed by atoms with Crippen LogP contribution >= 0.6 is 0 Å². The van der Waals surface area contributed by atoms with Crippen molar-refractivity contribution in [2.24, 2.45) is 5.41 Å². The molecule has 0 atom stereocenters. The van der Waals surface area contributed by atoms with Crippen LogP contribution in [0.15, 0.2) is 48.8 Å². The number of hydrogen-bond acceptors (Lipinski definition) is 4. The fraction of sp³-hybridized carbons (Fsp3) is 0.391. The quantitative estimate of drug-likeness (QED) is 0.753. The Hall–Kier alpha value is -2.53. The topological polar surface area (TPSA) is 41.1 Å². The minimum Gasteiger partial charge on any atom is -0.355 e. The minimum absolute atomic E-state index is 0.170. The molecular weight excluding hydrogens is 351 g/mol. The predicted molar refractivity (Wildman–Crippen MR) is 110 cm³/mol. The molecular formula is C23H25FN4. The molecule has 1 aromatic heterocycles. The summed E-state index contributed by atoms with van der Waals surface area (Å²) in [4.78, 5) is 11.5. The van der Waals surface area contributed by atoms with E-state index in [9.17, 15) is 4.39 Å². The molecule has 5 rings (SSSR count). The first-order valence-electron chi connectivity index (χ1n) is 10.1. The summed E-state index contributed by atoms with van der Waals surface area (Å²) in [7, 11) is 0. The highest BCUT2D eigenvalue weighted by molar-refractivity contribution is 5.90. The van der Waals surface area contributed by atoms with Crippen LogP contribution in [-0.4, -0.2) is 36.1 Å². The second-order valence-corrected chi connectivity index (χ2v) is 8.28. The van der Waals surface area contributed by atoms with Gasteiger partial charge < -0.3 is 10.2 Å². The Bertz CT molecular complexity index is 989. The summed E-state index contributed by atoms with van der Waals surface area (Å²) in [6, 6.07) is 13.3. The van der Waals surface area contributed by atoms with Gasteiger partial charge in [-0.05, 0) is 74.2 Å². The van der Waals surface area contributed by atoms with E-state index in [0.717, 1.165) is 61.3 Å². The van der Waals surface area contributed by atoms with Gasteiger partial charge in [0.2, 0.25) is 0 Å². The Morgan fingerprint density at radius 2 is 1.75 bits per heavy atom. The number of fused-ring (bicyclic) bond motifs is 1. The van der Waals surface area contributed by atoms with Crippen molar-refractivity contribution in [1.29, 1.82) is 0 Å². The number of nitrogens with one attached hydrogen (secondary N) is 1. The molecule has 1 spiro atoms. The van der Waals surface area contributed by atoms with Crippen molar-refractivity contribution in [2.75, 3.05) is 31.1 Å². The van der Waals surface area contributed by atoms with Crippen molar-refractivity contribution in [3.8, 4) is 0 Å². The van der Waals surface area contributed by atoms with Gasteiger partial charge in [0, 0.05) is 23.9 Å². The van der Waals surface area contributed by atoms with E-state index in [-0.39, 0.29) is 5.82 Å². The van der Waals surface area contributed by atoms with Gasteiger partial charge in [0.1, 0.15) is 18.0 Å². The lowest BCUT2D eigenvalue weighted by molar-refractivity contribution is 0.149. The van der Waals surface area contributed by atoms with E-state index in [4.69, 9.17) is 0 Å². The number of benzene rings is 2. The van der Waals surface area contributed by atoms with E-state index >= 15 is 0 Å². The van der Waals surface area contributed by atoms with Gasteiger partial charge in [0.05, 0.1) is 5.52 Å². The standard InChI is InChI=1S/C23H25FN4/c24-19-3-1-2-17(12-19)4-5-18-6-7-21-20(13-18)22(27-16-26-21)28-14-23(15-28)8-10-25-11-9-23/h1-3,6-7,12-13,16,25H,4-5,8-11,14-15H2. The molecule has 0 unspecified atom stereocenters. The lowest BCUT2D eigenvalue weighted by atomic mass is 9.72. The number of nitrogens with zero attached hydrogens (tertiary/aromatic N) is 3. The fourth-order valence-electron chi connectivity index (χ4n) is 4.67. The van der Waals surface area contributed by atoms with Crippen LogP contribution in [0.1, 0.15) is 24.0 Å². The van der Waals surface area contributed by atoms with Crippen LogP contribution < -0.4 is 10.2 Å². The largest absolute Gasteiger partial charge is 0.355 e. The van der Waals surface area contributed by atoms with Crippen molar-refractivity contribution in [3.63, 3.8) is 0 Å². The third kappa shape index (κ3) is 3.35. The number of hydrogen-bond donors (Lipinski definition) is 1. The summed E-state index contributed by atoms with van der Waals surface area (Å²) in [5, 5.41) is 4.59. The van der Waals surface area contributed by atoms with Crippen LogP contribution in [0.5, 0.6) is 0 Å². The highest BCUT2D eigenvalue weighted by Gasteiger charge is 2.44. The van der Waals surface area contributed by atoms with Crippen LogP contribution in [0.25, 0.3) is 10.9 Å². The van der Waals surface area contributed by atoms with Gasteiger partial charge in [-0.1, -0.05) is 18.2 Å².